The van der Waals surface area contributed by atoms with Gasteiger partial charge in [-0.2, -0.15) is 0 Å². The predicted octanol–water partition coefficient (Wildman–Crippen LogP) is 4.33. The number of ether oxygens (including phenoxy) is 2. The third-order valence-electron chi connectivity index (χ3n) is 5.36. The number of nitrogens with zero attached hydrogens (tertiary/aromatic N) is 1. The van der Waals surface area contributed by atoms with E-state index in [1.54, 1.807) is 0 Å². The molecule has 0 radical (unpaired) electrons. The Hall–Kier alpha value is -2.86. The molecule has 1 amide bonds. The highest BCUT2D eigenvalue weighted by Crippen LogP contribution is 2.20. The van der Waals surface area contributed by atoms with Crippen molar-refractivity contribution in [3.05, 3.63) is 71.8 Å². The van der Waals surface area contributed by atoms with Crippen molar-refractivity contribution in [1.29, 1.82) is 0 Å². The smallest absolute Gasteiger partial charge is 0.407 e. The lowest BCUT2D eigenvalue weighted by Gasteiger charge is -2.29. The second-order valence-electron chi connectivity index (χ2n) is 9.28. The first-order chi connectivity index (χ1) is 15.3. The minimum absolute atomic E-state index is 0.185. The van der Waals surface area contributed by atoms with Crippen LogP contribution in [0.1, 0.15) is 44.7 Å². The molecule has 3 rings (SSSR count). The highest BCUT2D eigenvalue weighted by atomic mass is 16.6. The summed E-state index contributed by atoms with van der Waals surface area (Å²) < 4.78 is 11.1. The van der Waals surface area contributed by atoms with Gasteiger partial charge in [-0.05, 0) is 57.7 Å². The number of hydrogen-bond acceptors (Lipinski definition) is 5. The molecule has 32 heavy (non-hydrogen) atoms. The SMILES string of the molecule is CC(C)(C)OC(=O)N[C@@H](Cc1ccccc1)CN1CCCC1C(=O)OCc1ccccc1. The molecule has 0 aromatic heterocycles. The van der Waals surface area contributed by atoms with E-state index in [-0.39, 0.29) is 24.7 Å². The summed E-state index contributed by atoms with van der Waals surface area (Å²) in [7, 11) is 0. The maximum atomic E-state index is 12.8. The Labute approximate surface area is 190 Å². The molecular formula is C26H34N2O4. The Morgan fingerprint density at radius 2 is 1.66 bits per heavy atom. The van der Waals surface area contributed by atoms with Gasteiger partial charge in [0.05, 0.1) is 0 Å². The first-order valence-electron chi connectivity index (χ1n) is 11.3. The molecule has 0 aliphatic carbocycles. The lowest BCUT2D eigenvalue weighted by atomic mass is 10.1. The van der Waals surface area contributed by atoms with Crippen LogP contribution in [0, 0.1) is 0 Å². The Morgan fingerprint density at radius 1 is 1.03 bits per heavy atom. The highest BCUT2D eigenvalue weighted by molar-refractivity contribution is 5.76. The van der Waals surface area contributed by atoms with Gasteiger partial charge in [0.15, 0.2) is 0 Å². The molecule has 1 unspecified atom stereocenters. The van der Waals surface area contributed by atoms with Gasteiger partial charge in [0.2, 0.25) is 0 Å². The first-order valence-corrected chi connectivity index (χ1v) is 11.3. The monoisotopic (exact) mass is 438 g/mol. The first kappa shape index (κ1) is 23.8. The van der Waals surface area contributed by atoms with E-state index in [9.17, 15) is 9.59 Å². The summed E-state index contributed by atoms with van der Waals surface area (Å²) in [6, 6.07) is 19.2. The standard InChI is InChI=1S/C26H34N2O4/c1-26(2,3)32-25(30)27-22(17-20-11-6-4-7-12-20)18-28-16-10-15-23(28)24(29)31-19-21-13-8-5-9-14-21/h4-9,11-14,22-23H,10,15-19H2,1-3H3,(H,27,30)/t22-,23?/m0/s1. The molecule has 172 valence electrons. The van der Waals surface area contributed by atoms with Gasteiger partial charge in [-0.25, -0.2) is 4.79 Å². The topological polar surface area (TPSA) is 67.9 Å². The van der Waals surface area contributed by atoms with E-state index in [0.29, 0.717) is 13.0 Å². The molecule has 1 saturated heterocycles. The van der Waals surface area contributed by atoms with Crippen molar-refractivity contribution in [3.63, 3.8) is 0 Å². The van der Waals surface area contributed by atoms with Crippen molar-refractivity contribution in [3.8, 4) is 0 Å². The molecule has 1 aliphatic rings. The molecular weight excluding hydrogens is 404 g/mol. The fraction of sp³-hybridized carbons (Fsp3) is 0.462. The number of carbonyl (C=O) groups is 2. The van der Waals surface area contributed by atoms with Gasteiger partial charge in [-0.1, -0.05) is 60.7 Å². The van der Waals surface area contributed by atoms with Gasteiger partial charge in [0.25, 0.3) is 0 Å². The summed E-state index contributed by atoms with van der Waals surface area (Å²) >= 11 is 0. The van der Waals surface area contributed by atoms with E-state index in [4.69, 9.17) is 9.47 Å². The number of hydrogen-bond donors (Lipinski definition) is 1. The minimum Gasteiger partial charge on any atom is -0.460 e. The van der Waals surface area contributed by atoms with Crippen LogP contribution in [0.2, 0.25) is 0 Å². The van der Waals surface area contributed by atoms with Crippen molar-refractivity contribution < 1.29 is 19.1 Å². The Bertz CT molecular complexity index is 864. The summed E-state index contributed by atoms with van der Waals surface area (Å²) in [5.41, 5.74) is 1.52. The van der Waals surface area contributed by atoms with Crippen LogP contribution in [-0.2, 0) is 27.3 Å². The van der Waals surface area contributed by atoms with E-state index in [1.165, 1.54) is 0 Å². The quantitative estimate of drug-likeness (QED) is 0.622. The minimum atomic E-state index is -0.571. The van der Waals surface area contributed by atoms with Gasteiger partial charge >= 0.3 is 12.1 Å². The zero-order chi connectivity index (χ0) is 23.0. The van der Waals surface area contributed by atoms with Crippen LogP contribution in [-0.4, -0.2) is 47.7 Å². The second kappa shape index (κ2) is 11.1. The lowest BCUT2D eigenvalue weighted by molar-refractivity contribution is -0.150. The average Bonchev–Trinajstić information content (AvgIpc) is 3.20. The molecule has 0 bridgehead atoms. The molecule has 1 fully saturated rings. The maximum Gasteiger partial charge on any atom is 0.407 e. The number of likely N-dealkylation sites (tertiary alicyclic amines) is 1. The van der Waals surface area contributed by atoms with Crippen molar-refractivity contribution in [1.82, 2.24) is 10.2 Å². The molecule has 2 atom stereocenters. The van der Waals surface area contributed by atoms with Crippen LogP contribution >= 0.6 is 0 Å². The largest absolute Gasteiger partial charge is 0.460 e. The summed E-state index contributed by atoms with van der Waals surface area (Å²) in [4.78, 5) is 27.4. The molecule has 0 saturated carbocycles. The fourth-order valence-corrected chi connectivity index (χ4v) is 3.95. The number of amides is 1. The average molecular weight is 439 g/mol. The van der Waals surface area contributed by atoms with Gasteiger partial charge in [-0.15, -0.1) is 0 Å². The molecule has 6 heteroatoms. The van der Waals surface area contributed by atoms with Crippen molar-refractivity contribution >= 4 is 12.1 Å². The number of alkyl carbamates (subject to hydrolysis) is 1. The van der Waals surface area contributed by atoms with Crippen LogP contribution in [0.3, 0.4) is 0 Å². The van der Waals surface area contributed by atoms with E-state index in [2.05, 4.69) is 10.2 Å². The van der Waals surface area contributed by atoms with E-state index in [0.717, 1.165) is 30.5 Å². The zero-order valence-corrected chi connectivity index (χ0v) is 19.3. The van der Waals surface area contributed by atoms with Crippen molar-refractivity contribution in [2.24, 2.45) is 0 Å². The Balaban J connectivity index is 1.63. The summed E-state index contributed by atoms with van der Waals surface area (Å²) in [6.45, 7) is 7.16. The van der Waals surface area contributed by atoms with E-state index < -0.39 is 11.7 Å². The number of carbonyl (C=O) groups excluding carboxylic acids is 2. The number of benzene rings is 2. The van der Waals surface area contributed by atoms with Crippen LogP contribution in [0.5, 0.6) is 0 Å². The van der Waals surface area contributed by atoms with Crippen LogP contribution in [0.4, 0.5) is 4.79 Å². The van der Waals surface area contributed by atoms with Crippen LogP contribution < -0.4 is 5.32 Å². The third-order valence-corrected chi connectivity index (χ3v) is 5.36. The van der Waals surface area contributed by atoms with Gasteiger partial charge < -0.3 is 14.8 Å². The molecule has 0 spiro atoms. The normalized spacial score (nSPS) is 17.5. The highest BCUT2D eigenvalue weighted by Gasteiger charge is 2.34. The fourth-order valence-electron chi connectivity index (χ4n) is 3.95. The molecule has 1 N–H and O–H groups in total. The molecule has 1 aliphatic heterocycles. The predicted molar refractivity (Wildman–Crippen MR) is 124 cm³/mol. The molecule has 1 heterocycles. The maximum absolute atomic E-state index is 12.8. The second-order valence-corrected chi connectivity index (χ2v) is 9.28. The van der Waals surface area contributed by atoms with Crippen LogP contribution in [0.15, 0.2) is 60.7 Å². The molecule has 6 nitrogen and oxygen atoms in total. The summed E-state index contributed by atoms with van der Waals surface area (Å²) in [5, 5.41) is 3.01. The summed E-state index contributed by atoms with van der Waals surface area (Å²) in [5.74, 6) is -0.206. The van der Waals surface area contributed by atoms with Crippen molar-refractivity contribution in [2.45, 2.75) is 64.3 Å². The third kappa shape index (κ3) is 7.68. The van der Waals surface area contributed by atoms with Crippen molar-refractivity contribution in [2.75, 3.05) is 13.1 Å². The number of esters is 1. The van der Waals surface area contributed by atoms with Gasteiger partial charge in [-0.3, -0.25) is 9.69 Å². The molecule has 2 aromatic rings. The summed E-state index contributed by atoms with van der Waals surface area (Å²) in [6.07, 6.45) is 1.90. The van der Waals surface area contributed by atoms with Gasteiger partial charge in [0.1, 0.15) is 18.2 Å². The molecule has 2 aromatic carbocycles. The van der Waals surface area contributed by atoms with E-state index in [1.807, 2.05) is 81.4 Å². The van der Waals surface area contributed by atoms with Gasteiger partial charge in [0, 0.05) is 12.6 Å². The van der Waals surface area contributed by atoms with E-state index >= 15 is 0 Å². The zero-order valence-electron chi connectivity index (χ0n) is 19.3. The lowest BCUT2D eigenvalue weighted by Crippen LogP contribution is -2.49. The Morgan fingerprint density at radius 3 is 2.28 bits per heavy atom. The number of rotatable bonds is 8. The Kier molecular flexibility index (Phi) is 8.28. The van der Waals surface area contributed by atoms with Crippen LogP contribution in [0.25, 0.3) is 0 Å². The number of nitrogens with one attached hydrogen (secondary N) is 1.